The van der Waals surface area contributed by atoms with Crippen molar-refractivity contribution in [2.75, 3.05) is 19.8 Å². The van der Waals surface area contributed by atoms with Gasteiger partial charge in [0.2, 0.25) is 5.91 Å². The zero-order valence-electron chi connectivity index (χ0n) is 13.1. The second-order valence-corrected chi connectivity index (χ2v) is 5.83. The number of nitrogens with one attached hydrogen (secondary N) is 1. The molecule has 0 aliphatic carbocycles. The lowest BCUT2D eigenvalue weighted by molar-refractivity contribution is -0.116. The summed E-state index contributed by atoms with van der Waals surface area (Å²) >= 11 is 5.80. The lowest BCUT2D eigenvalue weighted by atomic mass is 10.1. The Balaban J connectivity index is 1.41. The summed E-state index contributed by atoms with van der Waals surface area (Å²) in [5, 5.41) is 3.45. The third-order valence-corrected chi connectivity index (χ3v) is 3.88. The van der Waals surface area contributed by atoms with Crippen LogP contribution in [0, 0.1) is 0 Å². The second-order valence-electron chi connectivity index (χ2n) is 5.39. The van der Waals surface area contributed by atoms with Gasteiger partial charge in [-0.3, -0.25) is 4.79 Å². The molecule has 0 saturated heterocycles. The van der Waals surface area contributed by atoms with Gasteiger partial charge in [0.15, 0.2) is 0 Å². The smallest absolute Gasteiger partial charge is 0.244 e. The third-order valence-electron chi connectivity index (χ3n) is 3.62. The van der Waals surface area contributed by atoms with Gasteiger partial charge in [0, 0.05) is 17.5 Å². The molecule has 24 heavy (non-hydrogen) atoms. The summed E-state index contributed by atoms with van der Waals surface area (Å²) in [5.41, 5.74) is 2.18. The monoisotopic (exact) mass is 343 g/mol. The molecule has 0 fully saturated rings. The number of amides is 1. The quantitative estimate of drug-likeness (QED) is 0.645. The van der Waals surface area contributed by atoms with E-state index in [2.05, 4.69) is 11.4 Å². The van der Waals surface area contributed by atoms with Gasteiger partial charge < -0.3 is 14.8 Å². The standard InChI is InChI=1S/C19H18ClNO3/c20-16-3-5-17(6-4-16)23-12-10-21-19(22)8-2-14-1-7-18-15(13-14)9-11-24-18/h1-8,13H,9-12H2,(H,21,22)/b8-2+. The van der Waals surface area contributed by atoms with Crippen LogP contribution in [0.4, 0.5) is 0 Å². The van der Waals surface area contributed by atoms with Gasteiger partial charge in [-0.1, -0.05) is 17.7 Å². The Labute approximate surface area is 146 Å². The van der Waals surface area contributed by atoms with Crippen LogP contribution in [0.1, 0.15) is 11.1 Å². The number of hydrogen-bond acceptors (Lipinski definition) is 3. The molecule has 4 nitrogen and oxygen atoms in total. The van der Waals surface area contributed by atoms with Gasteiger partial charge >= 0.3 is 0 Å². The molecule has 2 aromatic carbocycles. The van der Waals surface area contributed by atoms with Gasteiger partial charge in [-0.05, 0) is 53.6 Å². The average molecular weight is 344 g/mol. The van der Waals surface area contributed by atoms with Gasteiger partial charge in [0.1, 0.15) is 18.1 Å². The summed E-state index contributed by atoms with van der Waals surface area (Å²) in [6, 6.07) is 13.1. The minimum Gasteiger partial charge on any atom is -0.493 e. The normalized spacial score (nSPS) is 12.7. The second kappa shape index (κ2) is 7.88. The molecule has 0 aromatic heterocycles. The SMILES string of the molecule is O=C(/C=C/c1ccc2c(c1)CCO2)NCCOc1ccc(Cl)cc1. The molecular weight excluding hydrogens is 326 g/mol. The predicted octanol–water partition coefficient (Wildman–Crippen LogP) is 3.48. The van der Waals surface area contributed by atoms with Crippen molar-refractivity contribution >= 4 is 23.6 Å². The molecule has 1 aliphatic heterocycles. The highest BCUT2D eigenvalue weighted by Gasteiger charge is 2.11. The zero-order valence-corrected chi connectivity index (χ0v) is 13.9. The number of hydrogen-bond donors (Lipinski definition) is 1. The maximum absolute atomic E-state index is 11.8. The molecule has 2 aromatic rings. The third kappa shape index (κ3) is 4.52. The Morgan fingerprint density at radius 2 is 2.08 bits per heavy atom. The fraction of sp³-hybridized carbons (Fsp3) is 0.211. The molecular formula is C19H18ClNO3. The molecule has 0 radical (unpaired) electrons. The molecule has 5 heteroatoms. The average Bonchev–Trinajstić information content (AvgIpc) is 3.06. The van der Waals surface area contributed by atoms with Crippen molar-refractivity contribution < 1.29 is 14.3 Å². The number of ether oxygens (including phenoxy) is 2. The Morgan fingerprint density at radius 1 is 1.25 bits per heavy atom. The number of benzene rings is 2. The van der Waals surface area contributed by atoms with Crippen LogP contribution in [0.25, 0.3) is 6.08 Å². The van der Waals surface area contributed by atoms with Crippen molar-refractivity contribution in [1.29, 1.82) is 0 Å². The summed E-state index contributed by atoms with van der Waals surface area (Å²) in [6.07, 6.45) is 4.25. The number of carbonyl (C=O) groups is 1. The van der Waals surface area contributed by atoms with Crippen molar-refractivity contribution in [3.05, 3.63) is 64.7 Å². The van der Waals surface area contributed by atoms with Crippen LogP contribution in [0.5, 0.6) is 11.5 Å². The van der Waals surface area contributed by atoms with E-state index in [4.69, 9.17) is 21.1 Å². The topological polar surface area (TPSA) is 47.6 Å². The molecule has 124 valence electrons. The molecule has 1 heterocycles. The maximum Gasteiger partial charge on any atom is 0.244 e. The Morgan fingerprint density at radius 3 is 2.92 bits per heavy atom. The molecule has 0 bridgehead atoms. The van der Waals surface area contributed by atoms with Crippen LogP contribution in [-0.2, 0) is 11.2 Å². The number of halogens is 1. The van der Waals surface area contributed by atoms with E-state index >= 15 is 0 Å². The molecule has 3 rings (SSSR count). The van der Waals surface area contributed by atoms with Crippen LogP contribution in [-0.4, -0.2) is 25.7 Å². The van der Waals surface area contributed by atoms with E-state index in [-0.39, 0.29) is 5.91 Å². The van der Waals surface area contributed by atoms with E-state index in [1.165, 1.54) is 11.6 Å². The number of carbonyl (C=O) groups excluding carboxylic acids is 1. The van der Waals surface area contributed by atoms with Gasteiger partial charge in [0.05, 0.1) is 13.2 Å². The zero-order chi connectivity index (χ0) is 16.8. The fourth-order valence-electron chi connectivity index (χ4n) is 2.41. The first-order valence-electron chi connectivity index (χ1n) is 7.81. The van der Waals surface area contributed by atoms with E-state index in [9.17, 15) is 4.79 Å². The van der Waals surface area contributed by atoms with Crippen molar-refractivity contribution in [1.82, 2.24) is 5.32 Å². The van der Waals surface area contributed by atoms with Crippen LogP contribution in [0.15, 0.2) is 48.5 Å². The van der Waals surface area contributed by atoms with Crippen molar-refractivity contribution in [2.24, 2.45) is 0 Å². The summed E-state index contributed by atoms with van der Waals surface area (Å²) in [6.45, 7) is 1.57. The van der Waals surface area contributed by atoms with Crippen molar-refractivity contribution in [3.8, 4) is 11.5 Å². The van der Waals surface area contributed by atoms with E-state index < -0.39 is 0 Å². The number of fused-ring (bicyclic) bond motifs is 1. The highest BCUT2D eigenvalue weighted by molar-refractivity contribution is 6.30. The van der Waals surface area contributed by atoms with E-state index in [1.54, 1.807) is 30.3 Å². The Kier molecular flexibility index (Phi) is 5.39. The molecule has 1 N–H and O–H groups in total. The summed E-state index contributed by atoms with van der Waals surface area (Å²) in [4.78, 5) is 11.8. The minimum atomic E-state index is -0.147. The lowest BCUT2D eigenvalue weighted by Gasteiger charge is -2.06. The molecule has 0 unspecified atom stereocenters. The first-order chi connectivity index (χ1) is 11.7. The fourth-order valence-corrected chi connectivity index (χ4v) is 2.54. The summed E-state index contributed by atoms with van der Waals surface area (Å²) in [7, 11) is 0. The van der Waals surface area contributed by atoms with E-state index in [1.807, 2.05) is 12.1 Å². The van der Waals surface area contributed by atoms with Gasteiger partial charge in [-0.25, -0.2) is 0 Å². The molecule has 0 atom stereocenters. The first kappa shape index (κ1) is 16.4. The van der Waals surface area contributed by atoms with Crippen LogP contribution >= 0.6 is 11.6 Å². The summed E-state index contributed by atoms with van der Waals surface area (Å²) in [5.74, 6) is 1.52. The van der Waals surface area contributed by atoms with Crippen molar-refractivity contribution in [2.45, 2.75) is 6.42 Å². The highest BCUT2D eigenvalue weighted by Crippen LogP contribution is 2.26. The van der Waals surface area contributed by atoms with Crippen molar-refractivity contribution in [3.63, 3.8) is 0 Å². The van der Waals surface area contributed by atoms with Gasteiger partial charge in [-0.2, -0.15) is 0 Å². The summed E-state index contributed by atoms with van der Waals surface area (Å²) < 4.78 is 11.0. The van der Waals surface area contributed by atoms with Gasteiger partial charge in [0.25, 0.3) is 0 Å². The molecule has 1 aliphatic rings. The van der Waals surface area contributed by atoms with Crippen LogP contribution in [0.3, 0.4) is 0 Å². The largest absolute Gasteiger partial charge is 0.493 e. The molecule has 0 spiro atoms. The first-order valence-corrected chi connectivity index (χ1v) is 8.18. The number of rotatable bonds is 6. The van der Waals surface area contributed by atoms with Crippen LogP contribution < -0.4 is 14.8 Å². The molecule has 1 amide bonds. The highest BCUT2D eigenvalue weighted by atomic mass is 35.5. The Bertz CT molecular complexity index is 741. The predicted molar refractivity (Wildman–Crippen MR) is 94.6 cm³/mol. The maximum atomic E-state index is 11.8. The van der Waals surface area contributed by atoms with Crippen LogP contribution in [0.2, 0.25) is 5.02 Å². The lowest BCUT2D eigenvalue weighted by Crippen LogP contribution is -2.26. The van der Waals surface area contributed by atoms with Gasteiger partial charge in [-0.15, -0.1) is 0 Å². The molecule has 0 saturated carbocycles. The Hall–Kier alpha value is -2.46. The minimum absolute atomic E-state index is 0.147. The van der Waals surface area contributed by atoms with E-state index in [0.717, 1.165) is 30.1 Å². The van der Waals surface area contributed by atoms with E-state index in [0.29, 0.717) is 18.2 Å².